The summed E-state index contributed by atoms with van der Waals surface area (Å²) in [6.45, 7) is 8.19. The van der Waals surface area contributed by atoms with E-state index in [0.717, 1.165) is 19.4 Å². The molecule has 0 saturated carbocycles. The maximum absolute atomic E-state index is 12.3. The summed E-state index contributed by atoms with van der Waals surface area (Å²) in [6.07, 6.45) is 2.11. The highest BCUT2D eigenvalue weighted by Gasteiger charge is 2.31. The van der Waals surface area contributed by atoms with Gasteiger partial charge in [0.25, 0.3) is 0 Å². The average molecular weight is 262 g/mol. The summed E-state index contributed by atoms with van der Waals surface area (Å²) in [6, 6.07) is 0. The summed E-state index contributed by atoms with van der Waals surface area (Å²) in [5.74, 6) is 0.704. The van der Waals surface area contributed by atoms with Crippen LogP contribution in [0.5, 0.6) is 0 Å². The zero-order valence-corrected chi connectivity index (χ0v) is 12.3. The van der Waals surface area contributed by atoms with Crippen LogP contribution in [0, 0.1) is 11.3 Å². The molecule has 1 aliphatic rings. The van der Waals surface area contributed by atoms with Crippen molar-refractivity contribution in [3.8, 4) is 0 Å². The third-order valence-electron chi connectivity index (χ3n) is 2.98. The Labute approximate surface area is 106 Å². The lowest BCUT2D eigenvalue weighted by atomic mass is 10.00. The van der Waals surface area contributed by atoms with Crippen molar-refractivity contribution in [1.29, 1.82) is 0 Å². The van der Waals surface area contributed by atoms with Gasteiger partial charge in [-0.15, -0.1) is 0 Å². The Kier molecular flexibility index (Phi) is 4.98. The number of hydrogen-bond acceptors (Lipinski definition) is 3. The highest BCUT2D eigenvalue weighted by Crippen LogP contribution is 2.23. The van der Waals surface area contributed by atoms with Crippen LogP contribution < -0.4 is 5.32 Å². The van der Waals surface area contributed by atoms with Gasteiger partial charge in [-0.25, -0.2) is 12.7 Å². The van der Waals surface area contributed by atoms with Crippen LogP contribution in [0.3, 0.4) is 0 Å². The second kappa shape index (κ2) is 5.67. The molecule has 1 N–H and O–H groups in total. The Morgan fingerprint density at radius 3 is 2.53 bits per heavy atom. The van der Waals surface area contributed by atoms with E-state index in [9.17, 15) is 8.42 Å². The van der Waals surface area contributed by atoms with Crippen molar-refractivity contribution >= 4 is 10.0 Å². The fourth-order valence-electron chi connectivity index (χ4n) is 2.37. The van der Waals surface area contributed by atoms with Crippen molar-refractivity contribution in [2.24, 2.45) is 11.3 Å². The molecule has 0 amide bonds. The van der Waals surface area contributed by atoms with Gasteiger partial charge in [0, 0.05) is 13.1 Å². The van der Waals surface area contributed by atoms with Crippen LogP contribution >= 0.6 is 0 Å². The molecule has 1 fully saturated rings. The Bertz CT molecular complexity index is 331. The molecule has 0 aliphatic carbocycles. The Morgan fingerprint density at radius 1 is 1.35 bits per heavy atom. The highest BCUT2D eigenvalue weighted by molar-refractivity contribution is 7.89. The molecule has 1 saturated heterocycles. The summed E-state index contributed by atoms with van der Waals surface area (Å²) in [5, 5.41) is 3.14. The number of sulfonamides is 1. The third-order valence-corrected chi connectivity index (χ3v) is 5.33. The molecule has 0 aromatic carbocycles. The molecule has 0 bridgehead atoms. The van der Waals surface area contributed by atoms with Crippen LogP contribution in [-0.2, 0) is 10.0 Å². The molecule has 1 rings (SSSR count). The van der Waals surface area contributed by atoms with E-state index in [-0.39, 0.29) is 11.2 Å². The van der Waals surface area contributed by atoms with Gasteiger partial charge in [-0.1, -0.05) is 20.8 Å². The summed E-state index contributed by atoms with van der Waals surface area (Å²) in [5.41, 5.74) is -0.172. The van der Waals surface area contributed by atoms with Gasteiger partial charge in [-0.05, 0) is 37.8 Å². The molecular weight excluding hydrogens is 236 g/mol. The number of piperidine rings is 1. The maximum atomic E-state index is 12.3. The first-order valence-corrected chi connectivity index (χ1v) is 7.98. The van der Waals surface area contributed by atoms with Gasteiger partial charge in [0.1, 0.15) is 0 Å². The van der Waals surface area contributed by atoms with E-state index in [2.05, 4.69) is 5.32 Å². The minimum atomic E-state index is -3.09. The van der Waals surface area contributed by atoms with Crippen molar-refractivity contribution in [3.63, 3.8) is 0 Å². The Balaban J connectivity index is 2.65. The van der Waals surface area contributed by atoms with E-state index >= 15 is 0 Å². The zero-order valence-electron chi connectivity index (χ0n) is 11.5. The van der Waals surface area contributed by atoms with E-state index in [1.807, 2.05) is 27.8 Å². The van der Waals surface area contributed by atoms with Gasteiger partial charge in [-0.2, -0.15) is 0 Å². The quantitative estimate of drug-likeness (QED) is 0.830. The lowest BCUT2D eigenvalue weighted by molar-refractivity contribution is 0.260. The number of rotatable bonds is 4. The topological polar surface area (TPSA) is 49.4 Å². The number of hydrogen-bond donors (Lipinski definition) is 1. The van der Waals surface area contributed by atoms with E-state index in [4.69, 9.17) is 0 Å². The fourth-order valence-corrected chi connectivity index (χ4v) is 4.50. The van der Waals surface area contributed by atoms with Gasteiger partial charge in [0.2, 0.25) is 10.0 Å². The molecule has 5 heteroatoms. The molecule has 102 valence electrons. The largest absolute Gasteiger partial charge is 0.319 e. The summed E-state index contributed by atoms with van der Waals surface area (Å²) >= 11 is 0. The summed E-state index contributed by atoms with van der Waals surface area (Å²) in [4.78, 5) is 0. The van der Waals surface area contributed by atoms with E-state index in [1.54, 1.807) is 4.31 Å². The lowest BCUT2D eigenvalue weighted by Gasteiger charge is -2.33. The minimum Gasteiger partial charge on any atom is -0.319 e. The van der Waals surface area contributed by atoms with Crippen molar-refractivity contribution in [3.05, 3.63) is 0 Å². The van der Waals surface area contributed by atoms with Crippen LogP contribution in [-0.4, -0.2) is 45.2 Å². The van der Waals surface area contributed by atoms with Crippen LogP contribution in [0.15, 0.2) is 0 Å². The minimum absolute atomic E-state index is 0.172. The zero-order chi connectivity index (χ0) is 13.1. The standard InChI is InChI=1S/C12H26N2O2S/c1-12(2,3)10-17(15,16)14-7-5-6-11(9-14)8-13-4/h11,13H,5-10H2,1-4H3. The summed E-state index contributed by atoms with van der Waals surface area (Å²) in [7, 11) is -1.17. The van der Waals surface area contributed by atoms with E-state index in [1.165, 1.54) is 0 Å². The van der Waals surface area contributed by atoms with Crippen molar-refractivity contribution in [2.75, 3.05) is 32.4 Å². The maximum Gasteiger partial charge on any atom is 0.214 e. The van der Waals surface area contributed by atoms with Gasteiger partial charge in [-0.3, -0.25) is 0 Å². The molecular formula is C12H26N2O2S. The molecule has 0 aromatic rings. The van der Waals surface area contributed by atoms with Crippen LogP contribution in [0.1, 0.15) is 33.6 Å². The van der Waals surface area contributed by atoms with Crippen molar-refractivity contribution in [1.82, 2.24) is 9.62 Å². The van der Waals surface area contributed by atoms with Crippen LogP contribution in [0.2, 0.25) is 0 Å². The number of nitrogens with zero attached hydrogens (tertiary/aromatic N) is 1. The molecule has 0 aromatic heterocycles. The van der Waals surface area contributed by atoms with Gasteiger partial charge < -0.3 is 5.32 Å². The first kappa shape index (κ1) is 14.9. The van der Waals surface area contributed by atoms with Crippen LogP contribution in [0.25, 0.3) is 0 Å². The Morgan fingerprint density at radius 2 is 2.00 bits per heavy atom. The molecule has 1 unspecified atom stereocenters. The van der Waals surface area contributed by atoms with Gasteiger partial charge in [0.05, 0.1) is 5.75 Å². The lowest BCUT2D eigenvalue weighted by Crippen LogP contribution is -2.45. The monoisotopic (exact) mass is 262 g/mol. The smallest absolute Gasteiger partial charge is 0.214 e. The summed E-state index contributed by atoms with van der Waals surface area (Å²) < 4.78 is 26.2. The molecule has 0 radical (unpaired) electrons. The number of nitrogens with one attached hydrogen (secondary N) is 1. The molecule has 1 atom stereocenters. The van der Waals surface area contributed by atoms with Gasteiger partial charge in [0.15, 0.2) is 0 Å². The second-order valence-corrected chi connectivity index (χ2v) is 8.21. The first-order chi connectivity index (χ1) is 7.74. The predicted molar refractivity (Wildman–Crippen MR) is 71.5 cm³/mol. The van der Waals surface area contributed by atoms with Crippen molar-refractivity contribution < 1.29 is 8.42 Å². The molecule has 1 heterocycles. The predicted octanol–water partition coefficient (Wildman–Crippen LogP) is 1.29. The molecule has 4 nitrogen and oxygen atoms in total. The SMILES string of the molecule is CNCC1CCCN(S(=O)(=O)CC(C)(C)C)C1. The Hall–Kier alpha value is -0.130. The van der Waals surface area contributed by atoms with E-state index < -0.39 is 10.0 Å². The fraction of sp³-hybridized carbons (Fsp3) is 1.00. The van der Waals surface area contributed by atoms with Crippen molar-refractivity contribution in [2.45, 2.75) is 33.6 Å². The molecule has 17 heavy (non-hydrogen) atoms. The van der Waals surface area contributed by atoms with E-state index in [0.29, 0.717) is 19.0 Å². The first-order valence-electron chi connectivity index (χ1n) is 6.37. The molecule has 1 aliphatic heterocycles. The average Bonchev–Trinajstić information content (AvgIpc) is 2.15. The molecule has 0 spiro atoms. The second-order valence-electron chi connectivity index (χ2n) is 6.24. The van der Waals surface area contributed by atoms with Crippen LogP contribution in [0.4, 0.5) is 0 Å². The van der Waals surface area contributed by atoms with Gasteiger partial charge >= 0.3 is 0 Å². The highest BCUT2D eigenvalue weighted by atomic mass is 32.2. The third kappa shape index (κ3) is 4.94. The normalized spacial score (nSPS) is 23.9.